The number of unbranched alkanes of at least 4 members (excludes halogenated alkanes) is 4. The Kier molecular flexibility index (Phi) is 11.2. The van der Waals surface area contributed by atoms with E-state index in [2.05, 4.69) is 65.0 Å². The number of hydrogen-bond donors (Lipinski definition) is 2. The number of rotatable bonds is 11. The van der Waals surface area contributed by atoms with Gasteiger partial charge < -0.3 is 15.5 Å². The lowest BCUT2D eigenvalue weighted by Gasteiger charge is -2.19. The van der Waals surface area contributed by atoms with Crippen LogP contribution in [0.5, 0.6) is 0 Å². The molecule has 0 radical (unpaired) electrons. The molecule has 1 saturated carbocycles. The fraction of sp³-hybridized carbons (Fsp3) is 0.667. The molecule has 5 heteroatoms. The van der Waals surface area contributed by atoms with Gasteiger partial charge >= 0.3 is 0 Å². The van der Waals surface area contributed by atoms with Crippen molar-refractivity contribution in [3.05, 3.63) is 35.9 Å². The third-order valence-corrected chi connectivity index (χ3v) is 5.13. The van der Waals surface area contributed by atoms with Gasteiger partial charge in [-0.05, 0) is 51.9 Å². The maximum atomic E-state index is 4.37. The molecule has 1 aromatic rings. The average Bonchev–Trinajstić information content (AvgIpc) is 3.41. The molecule has 1 aliphatic carbocycles. The van der Waals surface area contributed by atoms with E-state index in [0.29, 0.717) is 5.41 Å². The average molecular weight is 472 g/mol. The van der Waals surface area contributed by atoms with E-state index in [9.17, 15) is 0 Å². The number of benzene rings is 1. The minimum absolute atomic E-state index is 0. The van der Waals surface area contributed by atoms with Gasteiger partial charge in [0.2, 0.25) is 0 Å². The summed E-state index contributed by atoms with van der Waals surface area (Å²) in [6.45, 7) is 3.19. The molecular weight excluding hydrogens is 435 g/mol. The molecule has 0 bridgehead atoms. The summed E-state index contributed by atoms with van der Waals surface area (Å²) >= 11 is 0. The monoisotopic (exact) mass is 472 g/mol. The van der Waals surface area contributed by atoms with Crippen LogP contribution in [0.3, 0.4) is 0 Å². The summed E-state index contributed by atoms with van der Waals surface area (Å²) in [5, 5.41) is 6.99. The molecule has 0 heterocycles. The second-order valence-electron chi connectivity index (χ2n) is 7.57. The minimum atomic E-state index is 0. The highest BCUT2D eigenvalue weighted by molar-refractivity contribution is 14.0. The van der Waals surface area contributed by atoms with E-state index in [1.165, 1.54) is 57.1 Å². The van der Waals surface area contributed by atoms with Crippen molar-refractivity contribution in [1.29, 1.82) is 0 Å². The topological polar surface area (TPSA) is 39.7 Å². The molecule has 1 aliphatic rings. The second-order valence-corrected chi connectivity index (χ2v) is 7.57. The Morgan fingerprint density at radius 1 is 1.00 bits per heavy atom. The Bertz CT molecular complexity index is 512. The third-order valence-electron chi connectivity index (χ3n) is 5.13. The molecule has 148 valence electrons. The standard InChI is InChI=1S/C21H36N4.HI/c1-22-20(23-16-10-5-4-6-11-17-25(2)3)24-18-21(14-15-21)19-12-8-7-9-13-19;/h7-9,12-13H,4-6,10-11,14-18H2,1-3H3,(H2,22,23,24);1H. The maximum absolute atomic E-state index is 4.37. The van der Waals surface area contributed by atoms with Gasteiger partial charge in [0.25, 0.3) is 0 Å². The van der Waals surface area contributed by atoms with Crippen molar-refractivity contribution in [2.24, 2.45) is 4.99 Å². The Balaban J connectivity index is 0.00000338. The molecule has 1 fully saturated rings. The molecule has 4 nitrogen and oxygen atoms in total. The SMILES string of the molecule is CN=C(NCCCCCCCN(C)C)NCC1(c2ccccc2)CC1.I. The van der Waals surface area contributed by atoms with E-state index in [-0.39, 0.29) is 24.0 Å². The van der Waals surface area contributed by atoms with Gasteiger partial charge in [-0.2, -0.15) is 0 Å². The van der Waals surface area contributed by atoms with E-state index >= 15 is 0 Å². The Labute approximate surface area is 177 Å². The van der Waals surface area contributed by atoms with E-state index in [1.807, 2.05) is 7.05 Å². The summed E-state index contributed by atoms with van der Waals surface area (Å²) in [6.07, 6.45) is 9.04. The van der Waals surface area contributed by atoms with Gasteiger partial charge in [0.15, 0.2) is 5.96 Å². The van der Waals surface area contributed by atoms with Crippen LogP contribution in [0.4, 0.5) is 0 Å². The van der Waals surface area contributed by atoms with E-state index in [4.69, 9.17) is 0 Å². The number of aliphatic imine (C=N–C) groups is 1. The number of hydrogen-bond acceptors (Lipinski definition) is 2. The Hall–Kier alpha value is -0.820. The molecule has 0 atom stereocenters. The van der Waals surface area contributed by atoms with Crippen LogP contribution in [0, 0.1) is 0 Å². The smallest absolute Gasteiger partial charge is 0.191 e. The first-order valence-electron chi connectivity index (χ1n) is 9.81. The first-order valence-corrected chi connectivity index (χ1v) is 9.81. The van der Waals surface area contributed by atoms with Crippen molar-refractivity contribution >= 4 is 29.9 Å². The zero-order chi connectivity index (χ0) is 18.0. The van der Waals surface area contributed by atoms with Crippen molar-refractivity contribution in [1.82, 2.24) is 15.5 Å². The Morgan fingerprint density at radius 3 is 2.27 bits per heavy atom. The highest BCUT2D eigenvalue weighted by Gasteiger charge is 2.43. The largest absolute Gasteiger partial charge is 0.356 e. The Morgan fingerprint density at radius 2 is 1.65 bits per heavy atom. The summed E-state index contributed by atoms with van der Waals surface area (Å²) in [6, 6.07) is 10.9. The molecule has 0 spiro atoms. The summed E-state index contributed by atoms with van der Waals surface area (Å²) in [7, 11) is 6.15. The third kappa shape index (κ3) is 8.25. The van der Waals surface area contributed by atoms with Gasteiger partial charge in [0.1, 0.15) is 0 Å². The van der Waals surface area contributed by atoms with E-state index in [0.717, 1.165) is 19.0 Å². The van der Waals surface area contributed by atoms with Gasteiger partial charge in [-0.1, -0.05) is 49.6 Å². The molecule has 2 rings (SSSR count). The molecule has 0 amide bonds. The molecule has 2 N–H and O–H groups in total. The fourth-order valence-electron chi connectivity index (χ4n) is 3.27. The van der Waals surface area contributed by atoms with Crippen LogP contribution < -0.4 is 10.6 Å². The normalized spacial score (nSPS) is 15.5. The van der Waals surface area contributed by atoms with Crippen molar-refractivity contribution in [3.8, 4) is 0 Å². The summed E-state index contributed by atoms with van der Waals surface area (Å²) in [4.78, 5) is 6.63. The highest BCUT2D eigenvalue weighted by atomic mass is 127. The lowest BCUT2D eigenvalue weighted by atomic mass is 9.96. The first kappa shape index (κ1) is 23.2. The summed E-state index contributed by atoms with van der Waals surface area (Å²) in [5.41, 5.74) is 1.78. The van der Waals surface area contributed by atoms with Gasteiger partial charge in [0, 0.05) is 25.6 Å². The second kappa shape index (κ2) is 12.5. The predicted molar refractivity (Wildman–Crippen MR) is 124 cm³/mol. The highest BCUT2D eigenvalue weighted by Crippen LogP contribution is 2.47. The van der Waals surface area contributed by atoms with Gasteiger partial charge in [-0.25, -0.2) is 0 Å². The van der Waals surface area contributed by atoms with Crippen molar-refractivity contribution in [3.63, 3.8) is 0 Å². The van der Waals surface area contributed by atoms with Crippen molar-refractivity contribution < 1.29 is 0 Å². The van der Waals surface area contributed by atoms with Crippen LogP contribution in [0.2, 0.25) is 0 Å². The number of nitrogens with zero attached hydrogens (tertiary/aromatic N) is 2. The van der Waals surface area contributed by atoms with Crippen LogP contribution in [-0.4, -0.2) is 51.6 Å². The number of guanidine groups is 1. The molecule has 0 aliphatic heterocycles. The van der Waals surface area contributed by atoms with E-state index in [1.54, 1.807) is 0 Å². The van der Waals surface area contributed by atoms with Crippen LogP contribution in [0.15, 0.2) is 35.3 Å². The van der Waals surface area contributed by atoms with Gasteiger partial charge in [-0.15, -0.1) is 24.0 Å². The predicted octanol–water partition coefficient (Wildman–Crippen LogP) is 4.01. The van der Waals surface area contributed by atoms with Crippen LogP contribution >= 0.6 is 24.0 Å². The maximum Gasteiger partial charge on any atom is 0.191 e. The molecule has 1 aromatic carbocycles. The number of nitrogens with one attached hydrogen (secondary N) is 2. The van der Waals surface area contributed by atoms with E-state index < -0.39 is 0 Å². The zero-order valence-electron chi connectivity index (χ0n) is 16.8. The molecule has 0 saturated heterocycles. The zero-order valence-corrected chi connectivity index (χ0v) is 19.1. The van der Waals surface area contributed by atoms with Crippen molar-refractivity contribution in [2.45, 2.75) is 50.4 Å². The molecule has 0 aromatic heterocycles. The fourth-order valence-corrected chi connectivity index (χ4v) is 3.27. The summed E-state index contributed by atoms with van der Waals surface area (Å²) in [5.74, 6) is 0.940. The van der Waals surface area contributed by atoms with Crippen LogP contribution in [-0.2, 0) is 5.41 Å². The summed E-state index contributed by atoms with van der Waals surface area (Å²) < 4.78 is 0. The lowest BCUT2D eigenvalue weighted by molar-refractivity contribution is 0.389. The molecule has 26 heavy (non-hydrogen) atoms. The van der Waals surface area contributed by atoms with Crippen molar-refractivity contribution in [2.75, 3.05) is 40.8 Å². The van der Waals surface area contributed by atoms with Gasteiger partial charge in [-0.3, -0.25) is 4.99 Å². The minimum Gasteiger partial charge on any atom is -0.356 e. The molecular formula is C21H37IN4. The lowest BCUT2D eigenvalue weighted by Crippen LogP contribution is -2.41. The first-order chi connectivity index (χ1) is 12.2. The van der Waals surface area contributed by atoms with Crippen LogP contribution in [0.1, 0.15) is 50.5 Å². The number of halogens is 1. The van der Waals surface area contributed by atoms with Gasteiger partial charge in [0.05, 0.1) is 0 Å². The van der Waals surface area contributed by atoms with Crippen LogP contribution in [0.25, 0.3) is 0 Å². The quantitative estimate of drug-likeness (QED) is 0.221. The molecule has 0 unspecified atom stereocenters.